The molecule has 128 valence electrons. The molecular weight excluding hydrogens is 330 g/mol. The first kappa shape index (κ1) is 13.8. The average Bonchev–Trinajstić information content (AvgIpc) is 3.25. The second-order valence-corrected chi connectivity index (χ2v) is 7.30. The van der Waals surface area contributed by atoms with Crippen LogP contribution in [-0.2, 0) is 0 Å². The van der Waals surface area contributed by atoms with Crippen molar-refractivity contribution in [3.8, 4) is 0 Å². The topological polar surface area (TPSA) is 25.5 Å². The van der Waals surface area contributed by atoms with Crippen LogP contribution in [-0.4, -0.2) is 5.71 Å². The van der Waals surface area contributed by atoms with Gasteiger partial charge in [0.25, 0.3) is 0 Å². The summed E-state index contributed by atoms with van der Waals surface area (Å²) in [6.45, 7) is 4.16. The van der Waals surface area contributed by atoms with Crippen LogP contribution < -0.4 is 0 Å². The van der Waals surface area contributed by atoms with Gasteiger partial charge >= 0.3 is 0 Å². The van der Waals surface area contributed by atoms with Crippen LogP contribution >= 0.6 is 0 Å². The quantitative estimate of drug-likeness (QED) is 0.319. The number of fused-ring (bicyclic) bond motifs is 3. The van der Waals surface area contributed by atoms with Gasteiger partial charge in [0, 0.05) is 27.3 Å². The molecular formula is C25H17NO. The summed E-state index contributed by atoms with van der Waals surface area (Å²) in [4.78, 5) is 4.94. The zero-order valence-corrected chi connectivity index (χ0v) is 15.1. The third-order valence-corrected chi connectivity index (χ3v) is 5.51. The molecule has 2 heterocycles. The summed E-state index contributed by atoms with van der Waals surface area (Å²) in [5, 5.41) is 4.47. The highest BCUT2D eigenvalue weighted by Gasteiger charge is 2.24. The molecule has 0 aliphatic carbocycles. The van der Waals surface area contributed by atoms with E-state index in [1.54, 1.807) is 0 Å². The van der Waals surface area contributed by atoms with Gasteiger partial charge in [0.1, 0.15) is 11.2 Å². The number of hydrogen-bond acceptors (Lipinski definition) is 2. The van der Waals surface area contributed by atoms with E-state index >= 15 is 0 Å². The van der Waals surface area contributed by atoms with Crippen molar-refractivity contribution in [1.82, 2.24) is 0 Å². The molecule has 1 aliphatic heterocycles. The first-order chi connectivity index (χ1) is 13.6. The molecule has 0 saturated carbocycles. The Morgan fingerprint density at radius 2 is 1.70 bits per heavy atom. The largest absolute Gasteiger partial charge is 0.455 e. The number of para-hydroxylation sites is 1. The third kappa shape index (κ3) is 1.93. The van der Waals surface area contributed by atoms with E-state index in [2.05, 4.69) is 50.2 Å². The van der Waals surface area contributed by atoms with Gasteiger partial charge in [0.2, 0.25) is 0 Å². The standard InChI is InChI=1S/C25H17NO/c1-14-12-19-17-6-3-4-9-22(17)27-25(19)20(13-14)24-18-8-5-7-16-15(2)10-11-21(26-24)23(16)18/h3-13H,1-2H3/i11D. The summed E-state index contributed by atoms with van der Waals surface area (Å²) in [6, 6.07) is 21.1. The van der Waals surface area contributed by atoms with Crippen LogP contribution in [0.5, 0.6) is 0 Å². The Bertz CT molecular complexity index is 1490. The van der Waals surface area contributed by atoms with E-state index in [-0.39, 0.29) is 0 Å². The molecule has 0 bridgehead atoms. The summed E-state index contributed by atoms with van der Waals surface area (Å²) in [5.74, 6) is 0. The number of rotatable bonds is 1. The molecule has 5 aromatic rings. The fourth-order valence-electron chi connectivity index (χ4n) is 4.27. The molecule has 0 amide bonds. The van der Waals surface area contributed by atoms with Gasteiger partial charge in [-0.05, 0) is 54.6 Å². The molecule has 0 atom stereocenters. The van der Waals surface area contributed by atoms with Crippen molar-refractivity contribution in [2.75, 3.05) is 0 Å². The predicted octanol–water partition coefficient (Wildman–Crippen LogP) is 6.84. The lowest BCUT2D eigenvalue weighted by molar-refractivity contribution is 0.668. The van der Waals surface area contributed by atoms with Gasteiger partial charge in [0.15, 0.2) is 0 Å². The first-order valence-corrected chi connectivity index (χ1v) is 9.16. The monoisotopic (exact) mass is 348 g/mol. The average molecular weight is 348 g/mol. The Labute approximate surface area is 158 Å². The fraction of sp³-hybridized carbons (Fsp3) is 0.0800. The molecule has 2 nitrogen and oxygen atoms in total. The van der Waals surface area contributed by atoms with E-state index < -0.39 is 0 Å². The minimum absolute atomic E-state index is 0.473. The summed E-state index contributed by atoms with van der Waals surface area (Å²) in [7, 11) is 0. The number of hydrogen-bond donors (Lipinski definition) is 0. The Kier molecular flexibility index (Phi) is 2.59. The molecule has 2 heteroatoms. The van der Waals surface area contributed by atoms with Gasteiger partial charge in [0.05, 0.1) is 12.8 Å². The van der Waals surface area contributed by atoms with Crippen molar-refractivity contribution < 1.29 is 5.79 Å². The van der Waals surface area contributed by atoms with Gasteiger partial charge in [-0.25, -0.2) is 4.99 Å². The van der Waals surface area contributed by atoms with Gasteiger partial charge in [-0.3, -0.25) is 0 Å². The van der Waals surface area contributed by atoms with Crippen molar-refractivity contribution in [2.45, 2.75) is 13.8 Å². The number of aliphatic imine (C=N–C) groups is 1. The highest BCUT2D eigenvalue weighted by molar-refractivity contribution is 6.30. The molecule has 0 unspecified atom stereocenters. The second kappa shape index (κ2) is 5.08. The molecule has 0 radical (unpaired) electrons. The Hall–Kier alpha value is -3.39. The van der Waals surface area contributed by atoms with Gasteiger partial charge in [-0.2, -0.15) is 0 Å². The van der Waals surface area contributed by atoms with Crippen molar-refractivity contribution in [3.63, 3.8) is 0 Å². The normalized spacial score (nSPS) is 13.6. The molecule has 6 rings (SSSR count). The van der Waals surface area contributed by atoms with E-state index in [0.29, 0.717) is 6.04 Å². The van der Waals surface area contributed by atoms with Gasteiger partial charge in [-0.1, -0.05) is 42.5 Å². The smallest absolute Gasteiger partial charge is 0.144 e. The maximum atomic E-state index is 8.44. The lowest BCUT2D eigenvalue weighted by Crippen LogP contribution is -2.01. The minimum atomic E-state index is 0.473. The summed E-state index contributed by atoms with van der Waals surface area (Å²) >= 11 is 0. The molecule has 27 heavy (non-hydrogen) atoms. The van der Waals surface area contributed by atoms with E-state index in [4.69, 9.17) is 10.8 Å². The van der Waals surface area contributed by atoms with Crippen LogP contribution in [0.15, 0.2) is 76.1 Å². The predicted molar refractivity (Wildman–Crippen MR) is 112 cm³/mol. The number of furan rings is 1. The lowest BCUT2D eigenvalue weighted by atomic mass is 9.94. The zero-order chi connectivity index (χ0) is 19.0. The van der Waals surface area contributed by atoms with Crippen molar-refractivity contribution in [1.29, 1.82) is 0 Å². The molecule has 0 fully saturated rings. The van der Waals surface area contributed by atoms with Crippen molar-refractivity contribution in [2.24, 2.45) is 4.99 Å². The minimum Gasteiger partial charge on any atom is -0.455 e. The van der Waals surface area contributed by atoms with Gasteiger partial charge < -0.3 is 4.42 Å². The van der Waals surface area contributed by atoms with E-state index in [1.165, 1.54) is 5.56 Å². The van der Waals surface area contributed by atoms with Crippen LogP contribution in [0.1, 0.15) is 23.6 Å². The first-order valence-electron chi connectivity index (χ1n) is 9.66. The number of benzene rings is 4. The van der Waals surface area contributed by atoms with E-state index in [0.717, 1.165) is 60.8 Å². The van der Waals surface area contributed by atoms with Crippen molar-refractivity contribution >= 4 is 44.1 Å². The Morgan fingerprint density at radius 3 is 2.63 bits per heavy atom. The Morgan fingerprint density at radius 1 is 0.852 bits per heavy atom. The third-order valence-electron chi connectivity index (χ3n) is 5.51. The lowest BCUT2D eigenvalue weighted by Gasteiger charge is -2.07. The SMILES string of the molecule is [2H]c1cc(C)c2cccc3c2c1N=C3c1cc(C)cc2c1oc1ccccc12. The van der Waals surface area contributed by atoms with Crippen LogP contribution in [0.25, 0.3) is 32.7 Å². The summed E-state index contributed by atoms with van der Waals surface area (Å²) < 4.78 is 14.7. The number of nitrogens with zero attached hydrogens (tertiary/aromatic N) is 1. The maximum absolute atomic E-state index is 8.44. The highest BCUT2D eigenvalue weighted by Crippen LogP contribution is 2.41. The Balaban J connectivity index is 1.74. The van der Waals surface area contributed by atoms with Crippen LogP contribution in [0.4, 0.5) is 5.69 Å². The molecule has 0 spiro atoms. The zero-order valence-electron chi connectivity index (χ0n) is 16.1. The fourth-order valence-corrected chi connectivity index (χ4v) is 4.27. The summed E-state index contributed by atoms with van der Waals surface area (Å²) in [6.07, 6.45) is 0. The maximum Gasteiger partial charge on any atom is 0.144 e. The molecule has 1 aliphatic rings. The molecule has 0 saturated heterocycles. The second-order valence-electron chi connectivity index (χ2n) is 7.30. The van der Waals surface area contributed by atoms with Crippen LogP contribution in [0.3, 0.4) is 0 Å². The summed E-state index contributed by atoms with van der Waals surface area (Å²) in [5.41, 5.74) is 7.75. The van der Waals surface area contributed by atoms with Gasteiger partial charge in [-0.15, -0.1) is 0 Å². The molecule has 1 aromatic heterocycles. The van der Waals surface area contributed by atoms with E-state index in [1.807, 2.05) is 24.3 Å². The van der Waals surface area contributed by atoms with Crippen LogP contribution in [0, 0.1) is 13.8 Å². The van der Waals surface area contributed by atoms with Crippen LogP contribution in [0.2, 0.25) is 0 Å². The molecule has 4 aromatic carbocycles. The number of aryl methyl sites for hydroxylation is 2. The van der Waals surface area contributed by atoms with E-state index in [9.17, 15) is 0 Å². The molecule has 0 N–H and O–H groups in total. The highest BCUT2D eigenvalue weighted by atomic mass is 16.3. The van der Waals surface area contributed by atoms with Crippen molar-refractivity contribution in [3.05, 3.63) is 89.0 Å².